The molecule has 0 aromatic carbocycles. The molecular formula is C18H35N. The molecule has 0 radical (unpaired) electrons. The van der Waals surface area contributed by atoms with Gasteiger partial charge in [0.05, 0.1) is 0 Å². The van der Waals surface area contributed by atoms with E-state index in [1.807, 2.05) is 0 Å². The Labute approximate surface area is 121 Å². The molecule has 0 saturated heterocycles. The fourth-order valence-corrected chi connectivity index (χ4v) is 3.39. The maximum Gasteiger partial charge on any atom is -0.00176 e. The molecule has 0 spiro atoms. The zero-order valence-electron chi connectivity index (χ0n) is 13.7. The van der Waals surface area contributed by atoms with Gasteiger partial charge in [0.2, 0.25) is 0 Å². The van der Waals surface area contributed by atoms with Crippen LogP contribution in [0.1, 0.15) is 66.2 Å². The molecule has 1 saturated carbocycles. The van der Waals surface area contributed by atoms with E-state index in [2.05, 4.69) is 39.6 Å². The van der Waals surface area contributed by atoms with E-state index >= 15 is 0 Å². The van der Waals surface area contributed by atoms with Crippen LogP contribution in [0.4, 0.5) is 0 Å². The third-order valence-corrected chi connectivity index (χ3v) is 4.84. The minimum Gasteiger partial charge on any atom is -0.316 e. The smallest absolute Gasteiger partial charge is 0.00176 e. The molecule has 1 heteroatoms. The Morgan fingerprint density at radius 1 is 1.21 bits per heavy atom. The lowest BCUT2D eigenvalue weighted by atomic mass is 9.71. The Hall–Kier alpha value is -0.300. The number of hydrogen-bond acceptors (Lipinski definition) is 1. The Bertz CT molecular complexity index is 256. The molecule has 0 amide bonds. The second-order valence-electron chi connectivity index (χ2n) is 6.97. The van der Waals surface area contributed by atoms with Crippen molar-refractivity contribution < 1.29 is 0 Å². The van der Waals surface area contributed by atoms with E-state index in [9.17, 15) is 0 Å². The normalized spacial score (nSPS) is 27.7. The summed E-state index contributed by atoms with van der Waals surface area (Å²) in [4.78, 5) is 0. The predicted molar refractivity (Wildman–Crippen MR) is 86.4 cm³/mol. The van der Waals surface area contributed by atoms with Gasteiger partial charge in [0.1, 0.15) is 0 Å². The standard InChI is InChI=1S/C18H35N/c1-6-15(5)10-18-11-16(7-2)8-9-17(18)13-19-12-14(3)4/h14,16-19H,5-13H2,1-4H3. The molecule has 19 heavy (non-hydrogen) atoms. The van der Waals surface area contributed by atoms with Gasteiger partial charge in [0, 0.05) is 0 Å². The van der Waals surface area contributed by atoms with Gasteiger partial charge in [-0.3, -0.25) is 0 Å². The highest BCUT2D eigenvalue weighted by molar-refractivity contribution is 4.97. The lowest BCUT2D eigenvalue weighted by molar-refractivity contribution is 0.169. The maximum absolute atomic E-state index is 4.24. The van der Waals surface area contributed by atoms with Crippen LogP contribution < -0.4 is 5.32 Å². The molecule has 112 valence electrons. The fraction of sp³-hybridized carbons (Fsp3) is 0.889. The van der Waals surface area contributed by atoms with Gasteiger partial charge in [0.15, 0.2) is 0 Å². The van der Waals surface area contributed by atoms with Gasteiger partial charge in [-0.05, 0) is 62.4 Å². The van der Waals surface area contributed by atoms with Crippen molar-refractivity contribution in [1.82, 2.24) is 5.32 Å². The number of hydrogen-bond donors (Lipinski definition) is 1. The highest BCUT2D eigenvalue weighted by atomic mass is 14.9. The second-order valence-corrected chi connectivity index (χ2v) is 6.97. The van der Waals surface area contributed by atoms with Gasteiger partial charge in [-0.2, -0.15) is 0 Å². The summed E-state index contributed by atoms with van der Waals surface area (Å²) in [5.74, 6) is 3.49. The van der Waals surface area contributed by atoms with Crippen LogP contribution in [0.2, 0.25) is 0 Å². The van der Waals surface area contributed by atoms with Crippen molar-refractivity contribution in [3.8, 4) is 0 Å². The average molecular weight is 265 g/mol. The summed E-state index contributed by atoms with van der Waals surface area (Å²) in [7, 11) is 0. The zero-order valence-corrected chi connectivity index (χ0v) is 13.7. The molecule has 0 heterocycles. The molecule has 1 N–H and O–H groups in total. The summed E-state index contributed by atoms with van der Waals surface area (Å²) in [6.45, 7) is 15.8. The summed E-state index contributed by atoms with van der Waals surface area (Å²) < 4.78 is 0. The SMILES string of the molecule is C=C(CC)CC1CC(CC)CCC1CNCC(C)C. The number of nitrogens with one attached hydrogen (secondary N) is 1. The Balaban J connectivity index is 2.47. The van der Waals surface area contributed by atoms with E-state index in [0.717, 1.165) is 36.6 Å². The van der Waals surface area contributed by atoms with Crippen LogP contribution in [0, 0.1) is 23.7 Å². The largest absolute Gasteiger partial charge is 0.316 e. The van der Waals surface area contributed by atoms with Crippen molar-refractivity contribution in [2.24, 2.45) is 23.7 Å². The van der Waals surface area contributed by atoms with Crippen LogP contribution in [0.3, 0.4) is 0 Å². The van der Waals surface area contributed by atoms with Crippen LogP contribution in [-0.2, 0) is 0 Å². The lowest BCUT2D eigenvalue weighted by Gasteiger charge is -2.37. The molecule has 0 aromatic rings. The lowest BCUT2D eigenvalue weighted by Crippen LogP contribution is -2.34. The quantitative estimate of drug-likeness (QED) is 0.607. The van der Waals surface area contributed by atoms with Crippen LogP contribution >= 0.6 is 0 Å². The van der Waals surface area contributed by atoms with Crippen molar-refractivity contribution in [1.29, 1.82) is 0 Å². The molecule has 0 aliphatic heterocycles. The van der Waals surface area contributed by atoms with Crippen molar-refractivity contribution in [2.75, 3.05) is 13.1 Å². The van der Waals surface area contributed by atoms with Crippen molar-refractivity contribution in [2.45, 2.75) is 66.2 Å². The monoisotopic (exact) mass is 265 g/mol. The minimum atomic E-state index is 0.760. The highest BCUT2D eigenvalue weighted by Gasteiger charge is 2.29. The Kier molecular flexibility index (Phi) is 7.75. The molecule has 3 atom stereocenters. The first-order chi connectivity index (χ1) is 9.06. The summed E-state index contributed by atoms with van der Waals surface area (Å²) in [5.41, 5.74) is 1.45. The van der Waals surface area contributed by atoms with Gasteiger partial charge >= 0.3 is 0 Å². The van der Waals surface area contributed by atoms with Crippen molar-refractivity contribution in [3.63, 3.8) is 0 Å². The van der Waals surface area contributed by atoms with E-state index in [1.165, 1.54) is 44.2 Å². The highest BCUT2D eigenvalue weighted by Crippen LogP contribution is 2.38. The molecule has 1 nitrogen and oxygen atoms in total. The topological polar surface area (TPSA) is 12.0 Å². The third kappa shape index (κ3) is 6.12. The maximum atomic E-state index is 4.24. The summed E-state index contributed by atoms with van der Waals surface area (Å²) in [6, 6.07) is 0. The summed E-state index contributed by atoms with van der Waals surface area (Å²) in [6.07, 6.45) is 8.08. The molecule has 0 bridgehead atoms. The molecule has 1 rings (SSSR count). The molecule has 1 aliphatic rings. The Morgan fingerprint density at radius 3 is 2.53 bits per heavy atom. The number of allylic oxidation sites excluding steroid dienone is 1. The Morgan fingerprint density at radius 2 is 1.95 bits per heavy atom. The van der Waals surface area contributed by atoms with E-state index in [0.29, 0.717) is 0 Å². The van der Waals surface area contributed by atoms with Crippen LogP contribution in [-0.4, -0.2) is 13.1 Å². The first-order valence-electron chi connectivity index (χ1n) is 8.44. The van der Waals surface area contributed by atoms with E-state index in [1.54, 1.807) is 0 Å². The first-order valence-corrected chi connectivity index (χ1v) is 8.44. The summed E-state index contributed by atoms with van der Waals surface area (Å²) >= 11 is 0. The minimum absolute atomic E-state index is 0.760. The zero-order chi connectivity index (χ0) is 14.3. The van der Waals surface area contributed by atoms with Gasteiger partial charge in [-0.25, -0.2) is 0 Å². The predicted octanol–water partition coefficient (Wildman–Crippen LogP) is 5.03. The summed E-state index contributed by atoms with van der Waals surface area (Å²) in [5, 5.41) is 3.68. The van der Waals surface area contributed by atoms with Crippen LogP contribution in [0.15, 0.2) is 12.2 Å². The molecule has 1 aliphatic carbocycles. The fourth-order valence-electron chi connectivity index (χ4n) is 3.39. The van der Waals surface area contributed by atoms with Crippen molar-refractivity contribution >= 4 is 0 Å². The molecule has 1 fully saturated rings. The second kappa shape index (κ2) is 8.79. The van der Waals surface area contributed by atoms with E-state index in [-0.39, 0.29) is 0 Å². The number of rotatable bonds is 8. The van der Waals surface area contributed by atoms with Gasteiger partial charge in [0.25, 0.3) is 0 Å². The van der Waals surface area contributed by atoms with Gasteiger partial charge < -0.3 is 5.32 Å². The van der Waals surface area contributed by atoms with Crippen LogP contribution in [0.5, 0.6) is 0 Å². The van der Waals surface area contributed by atoms with Gasteiger partial charge in [-0.15, -0.1) is 0 Å². The van der Waals surface area contributed by atoms with Gasteiger partial charge in [-0.1, -0.05) is 52.7 Å². The molecular weight excluding hydrogens is 230 g/mol. The van der Waals surface area contributed by atoms with E-state index < -0.39 is 0 Å². The van der Waals surface area contributed by atoms with Crippen LogP contribution in [0.25, 0.3) is 0 Å². The third-order valence-electron chi connectivity index (χ3n) is 4.84. The first kappa shape index (κ1) is 16.8. The molecule has 3 unspecified atom stereocenters. The molecule has 0 aromatic heterocycles. The van der Waals surface area contributed by atoms with Crippen molar-refractivity contribution in [3.05, 3.63) is 12.2 Å². The average Bonchev–Trinajstić information content (AvgIpc) is 2.39. The van der Waals surface area contributed by atoms with E-state index in [4.69, 9.17) is 0 Å².